The lowest BCUT2D eigenvalue weighted by atomic mass is 10.2. The van der Waals surface area contributed by atoms with Crippen LogP contribution in [0.1, 0.15) is 24.5 Å². The standard InChI is InChI=1S/C17H20FNS/c1-3-8-19-12-14-9-15(18)11-17(10-14)20-16-6-4-13(2)5-7-16/h4-7,9-11,19H,3,8,12H2,1-2H3. The van der Waals surface area contributed by atoms with E-state index in [-0.39, 0.29) is 5.82 Å². The summed E-state index contributed by atoms with van der Waals surface area (Å²) in [7, 11) is 0. The van der Waals surface area contributed by atoms with E-state index in [9.17, 15) is 4.39 Å². The number of hydrogen-bond acceptors (Lipinski definition) is 2. The zero-order valence-electron chi connectivity index (χ0n) is 11.9. The molecule has 2 rings (SSSR count). The van der Waals surface area contributed by atoms with Crippen molar-refractivity contribution in [3.8, 4) is 0 Å². The molecule has 3 heteroatoms. The van der Waals surface area contributed by atoms with E-state index in [1.54, 1.807) is 23.9 Å². The number of aryl methyl sites for hydroxylation is 1. The molecule has 20 heavy (non-hydrogen) atoms. The predicted octanol–water partition coefficient (Wildman–Crippen LogP) is 4.78. The molecule has 1 N–H and O–H groups in total. The van der Waals surface area contributed by atoms with Crippen molar-refractivity contribution in [2.24, 2.45) is 0 Å². The Bertz CT molecular complexity index is 551. The van der Waals surface area contributed by atoms with Crippen molar-refractivity contribution in [3.63, 3.8) is 0 Å². The van der Waals surface area contributed by atoms with Gasteiger partial charge in [0.2, 0.25) is 0 Å². The van der Waals surface area contributed by atoms with Crippen molar-refractivity contribution in [1.29, 1.82) is 0 Å². The molecule has 106 valence electrons. The number of nitrogens with one attached hydrogen (secondary N) is 1. The van der Waals surface area contributed by atoms with E-state index in [1.807, 2.05) is 0 Å². The first-order valence-corrected chi connectivity index (χ1v) is 7.73. The van der Waals surface area contributed by atoms with Crippen molar-refractivity contribution in [2.75, 3.05) is 6.54 Å². The highest BCUT2D eigenvalue weighted by molar-refractivity contribution is 7.99. The average molecular weight is 289 g/mol. The first-order valence-electron chi connectivity index (χ1n) is 6.92. The van der Waals surface area contributed by atoms with Crippen LogP contribution < -0.4 is 5.32 Å². The highest BCUT2D eigenvalue weighted by Gasteiger charge is 2.03. The van der Waals surface area contributed by atoms with Crippen LogP contribution in [0.5, 0.6) is 0 Å². The van der Waals surface area contributed by atoms with Gasteiger partial charge in [0.15, 0.2) is 0 Å². The monoisotopic (exact) mass is 289 g/mol. The number of hydrogen-bond donors (Lipinski definition) is 1. The second-order valence-electron chi connectivity index (χ2n) is 4.89. The molecular formula is C17H20FNS. The van der Waals surface area contributed by atoms with Crippen LogP contribution in [-0.2, 0) is 6.54 Å². The minimum Gasteiger partial charge on any atom is -0.313 e. The van der Waals surface area contributed by atoms with Gasteiger partial charge in [-0.2, -0.15) is 0 Å². The highest BCUT2D eigenvalue weighted by Crippen LogP contribution is 2.29. The molecule has 0 aromatic heterocycles. The van der Waals surface area contributed by atoms with Crippen LogP contribution in [0, 0.1) is 12.7 Å². The molecule has 0 saturated heterocycles. The molecule has 0 spiro atoms. The second kappa shape index (κ2) is 7.46. The summed E-state index contributed by atoms with van der Waals surface area (Å²) in [6.45, 7) is 5.86. The smallest absolute Gasteiger partial charge is 0.124 e. The third-order valence-electron chi connectivity index (χ3n) is 2.94. The Hall–Kier alpha value is -1.32. The van der Waals surface area contributed by atoms with Crippen molar-refractivity contribution in [1.82, 2.24) is 5.32 Å². The Morgan fingerprint density at radius 2 is 1.80 bits per heavy atom. The number of rotatable bonds is 6. The molecule has 0 heterocycles. The minimum absolute atomic E-state index is 0.171. The van der Waals surface area contributed by atoms with Crippen LogP contribution in [0.4, 0.5) is 4.39 Å². The quantitative estimate of drug-likeness (QED) is 0.768. The van der Waals surface area contributed by atoms with E-state index in [0.717, 1.165) is 28.3 Å². The molecule has 2 aromatic rings. The van der Waals surface area contributed by atoms with E-state index >= 15 is 0 Å². The largest absolute Gasteiger partial charge is 0.313 e. The van der Waals surface area contributed by atoms with E-state index in [2.05, 4.69) is 49.5 Å². The van der Waals surface area contributed by atoms with Gasteiger partial charge in [-0.05, 0) is 55.8 Å². The molecule has 0 radical (unpaired) electrons. The van der Waals surface area contributed by atoms with Gasteiger partial charge in [0.1, 0.15) is 5.82 Å². The molecule has 0 atom stereocenters. The summed E-state index contributed by atoms with van der Waals surface area (Å²) >= 11 is 1.60. The lowest BCUT2D eigenvalue weighted by molar-refractivity contribution is 0.615. The molecule has 0 aliphatic carbocycles. The summed E-state index contributed by atoms with van der Waals surface area (Å²) in [5, 5.41) is 3.30. The molecule has 0 fully saturated rings. The van der Waals surface area contributed by atoms with Gasteiger partial charge in [-0.1, -0.05) is 36.4 Å². The fraction of sp³-hybridized carbons (Fsp3) is 0.294. The van der Waals surface area contributed by atoms with Crippen LogP contribution in [0.25, 0.3) is 0 Å². The molecule has 0 aliphatic rings. The summed E-state index contributed by atoms with van der Waals surface area (Å²) in [4.78, 5) is 2.08. The highest BCUT2D eigenvalue weighted by atomic mass is 32.2. The molecule has 0 unspecified atom stereocenters. The zero-order chi connectivity index (χ0) is 14.4. The van der Waals surface area contributed by atoms with Gasteiger partial charge in [0.05, 0.1) is 0 Å². The van der Waals surface area contributed by atoms with Crippen molar-refractivity contribution in [2.45, 2.75) is 36.6 Å². The van der Waals surface area contributed by atoms with Gasteiger partial charge in [-0.3, -0.25) is 0 Å². The van der Waals surface area contributed by atoms with Gasteiger partial charge in [-0.15, -0.1) is 0 Å². The third kappa shape index (κ3) is 4.66. The maximum Gasteiger partial charge on any atom is 0.124 e. The lowest BCUT2D eigenvalue weighted by Crippen LogP contribution is -2.13. The van der Waals surface area contributed by atoms with Gasteiger partial charge in [0.25, 0.3) is 0 Å². The second-order valence-corrected chi connectivity index (χ2v) is 6.03. The first kappa shape index (κ1) is 15.1. The lowest BCUT2D eigenvalue weighted by Gasteiger charge is -2.07. The normalized spacial score (nSPS) is 10.8. The van der Waals surface area contributed by atoms with Crippen molar-refractivity contribution < 1.29 is 4.39 Å². The van der Waals surface area contributed by atoms with Crippen LogP contribution in [0.3, 0.4) is 0 Å². The summed E-state index contributed by atoms with van der Waals surface area (Å²) in [5.41, 5.74) is 2.23. The SMILES string of the molecule is CCCNCc1cc(F)cc(Sc2ccc(C)cc2)c1. The predicted molar refractivity (Wildman–Crippen MR) is 83.7 cm³/mol. The van der Waals surface area contributed by atoms with Crippen LogP contribution in [0.15, 0.2) is 52.3 Å². The minimum atomic E-state index is -0.171. The Labute approximate surface area is 124 Å². The van der Waals surface area contributed by atoms with E-state index in [0.29, 0.717) is 6.54 Å². The maximum absolute atomic E-state index is 13.7. The van der Waals surface area contributed by atoms with Gasteiger partial charge < -0.3 is 5.32 Å². The Morgan fingerprint density at radius 1 is 1.05 bits per heavy atom. The topological polar surface area (TPSA) is 12.0 Å². The Balaban J connectivity index is 2.09. The molecule has 2 aromatic carbocycles. The summed E-state index contributed by atoms with van der Waals surface area (Å²) in [5.74, 6) is -0.171. The molecule has 1 nitrogen and oxygen atoms in total. The zero-order valence-corrected chi connectivity index (χ0v) is 12.8. The third-order valence-corrected chi connectivity index (χ3v) is 3.92. The Morgan fingerprint density at radius 3 is 2.50 bits per heavy atom. The molecule has 0 saturated carbocycles. The van der Waals surface area contributed by atoms with Gasteiger partial charge in [-0.25, -0.2) is 4.39 Å². The van der Waals surface area contributed by atoms with E-state index < -0.39 is 0 Å². The fourth-order valence-corrected chi connectivity index (χ4v) is 2.86. The maximum atomic E-state index is 13.7. The van der Waals surface area contributed by atoms with E-state index in [4.69, 9.17) is 0 Å². The summed E-state index contributed by atoms with van der Waals surface area (Å²) in [6, 6.07) is 13.5. The van der Waals surface area contributed by atoms with Gasteiger partial charge >= 0.3 is 0 Å². The van der Waals surface area contributed by atoms with E-state index in [1.165, 1.54) is 5.56 Å². The molecule has 0 amide bonds. The number of halogens is 1. The Kier molecular flexibility index (Phi) is 5.62. The number of benzene rings is 2. The van der Waals surface area contributed by atoms with Crippen LogP contribution in [-0.4, -0.2) is 6.54 Å². The fourth-order valence-electron chi connectivity index (χ4n) is 1.93. The molecule has 0 aliphatic heterocycles. The van der Waals surface area contributed by atoms with Gasteiger partial charge in [0, 0.05) is 16.3 Å². The molecule has 0 bridgehead atoms. The van der Waals surface area contributed by atoms with Crippen LogP contribution in [0.2, 0.25) is 0 Å². The summed E-state index contributed by atoms with van der Waals surface area (Å²) < 4.78 is 13.7. The van der Waals surface area contributed by atoms with Crippen molar-refractivity contribution >= 4 is 11.8 Å². The van der Waals surface area contributed by atoms with Crippen molar-refractivity contribution in [3.05, 3.63) is 59.4 Å². The molecular weight excluding hydrogens is 269 g/mol. The average Bonchev–Trinajstić information content (AvgIpc) is 2.41. The van der Waals surface area contributed by atoms with Crippen LogP contribution >= 0.6 is 11.8 Å². The summed E-state index contributed by atoms with van der Waals surface area (Å²) in [6.07, 6.45) is 1.08. The first-order chi connectivity index (χ1) is 9.67.